The number of allylic oxidation sites excluding steroid dienone is 7. The molecule has 6 N–H and O–H groups in total. The zero-order chi connectivity index (χ0) is 58.9. The van der Waals surface area contributed by atoms with E-state index in [0.29, 0.717) is 12.8 Å². The Morgan fingerprint density at radius 1 is 0.481 bits per heavy atom. The van der Waals surface area contributed by atoms with E-state index in [1.54, 1.807) is 6.08 Å². The summed E-state index contributed by atoms with van der Waals surface area (Å²) in [6, 6.07) is -1.03. The molecule has 0 bridgehead atoms. The van der Waals surface area contributed by atoms with Crippen LogP contribution in [0.5, 0.6) is 0 Å². The quantitative estimate of drug-likeness (QED) is 0.0195. The summed E-state index contributed by atoms with van der Waals surface area (Å²) in [5.41, 5.74) is 0. The van der Waals surface area contributed by atoms with E-state index in [-0.39, 0.29) is 19.4 Å². The van der Waals surface area contributed by atoms with Gasteiger partial charge in [-0.05, 0) is 83.5 Å². The molecule has 1 rings (SSSR count). The Labute approximate surface area is 497 Å². The highest BCUT2D eigenvalue weighted by molar-refractivity contribution is 5.80. The lowest BCUT2D eigenvalue weighted by Crippen LogP contribution is -2.61. The fourth-order valence-electron chi connectivity index (χ4n) is 10.7. The molecular formula is C70H129NO10. The fourth-order valence-corrected chi connectivity index (χ4v) is 10.7. The molecular weight excluding hydrogens is 1010 g/mol. The Kier molecular flexibility index (Phi) is 54.9. The van der Waals surface area contributed by atoms with Crippen molar-refractivity contribution in [3.05, 3.63) is 48.6 Å². The number of esters is 1. The summed E-state index contributed by atoms with van der Waals surface area (Å²) < 4.78 is 17.7. The first kappa shape index (κ1) is 76.6. The highest BCUT2D eigenvalue weighted by Gasteiger charge is 2.47. The van der Waals surface area contributed by atoms with Crippen LogP contribution < -0.4 is 5.32 Å². The summed E-state index contributed by atoms with van der Waals surface area (Å²) >= 11 is 0. The Bertz CT molecular complexity index is 1500. The molecule has 1 fully saturated rings. The van der Waals surface area contributed by atoms with E-state index in [9.17, 15) is 35.1 Å². The second-order valence-corrected chi connectivity index (χ2v) is 23.9. The van der Waals surface area contributed by atoms with Crippen molar-refractivity contribution >= 4 is 11.9 Å². The molecule has 11 nitrogen and oxygen atoms in total. The molecule has 0 aromatic rings. The van der Waals surface area contributed by atoms with Crippen LogP contribution >= 0.6 is 0 Å². The minimum Gasteiger partial charge on any atom is -0.454 e. The van der Waals surface area contributed by atoms with E-state index >= 15 is 0 Å². The predicted molar refractivity (Wildman–Crippen MR) is 338 cm³/mol. The number of unbranched alkanes of at least 4 members (excludes halogenated alkanes) is 39. The van der Waals surface area contributed by atoms with Crippen molar-refractivity contribution in [3.63, 3.8) is 0 Å². The van der Waals surface area contributed by atoms with Gasteiger partial charge in [-0.25, -0.2) is 0 Å². The average Bonchev–Trinajstić information content (AvgIpc) is 3.50. The normalized spacial score (nSPS) is 18.9. The standard InChI is InChI=1S/C70H129NO10/c1-4-7-10-13-16-19-22-25-26-27-28-29-30-31-32-33-34-35-36-37-38-40-43-46-49-52-55-58-65(75)81-68-67(77)66(76)64(59-72)80-70(68)79-60-61(62(73)56-53-50-47-44-42-39-23-20-17-14-11-8-5-2)71-69(78)63(74)57-54-51-48-45-41-24-21-18-15-12-9-6-3/h16,19,25-26,41,45,53,56,61-64,66-68,70,72-74,76-77H,4-15,17-18,20-24,27-40,42-44,46-52,54-55,57-60H2,1-3H3,(H,71,78)/b19-16-,26-25-,45-41-,56-53+. The second-order valence-electron chi connectivity index (χ2n) is 23.9. The lowest BCUT2D eigenvalue weighted by Gasteiger charge is -2.41. The van der Waals surface area contributed by atoms with Crippen molar-refractivity contribution in [2.75, 3.05) is 13.2 Å². The van der Waals surface area contributed by atoms with Gasteiger partial charge in [-0.15, -0.1) is 0 Å². The van der Waals surface area contributed by atoms with Gasteiger partial charge in [-0.1, -0.05) is 281 Å². The first-order valence-electron chi connectivity index (χ1n) is 34.4. The maximum absolute atomic E-state index is 13.4. The van der Waals surface area contributed by atoms with Crippen LogP contribution in [-0.2, 0) is 23.8 Å². The van der Waals surface area contributed by atoms with Gasteiger partial charge in [0.05, 0.1) is 25.4 Å². The molecule has 1 amide bonds. The molecule has 0 aliphatic carbocycles. The Morgan fingerprint density at radius 2 is 0.852 bits per heavy atom. The van der Waals surface area contributed by atoms with Gasteiger partial charge in [0.15, 0.2) is 12.4 Å². The molecule has 81 heavy (non-hydrogen) atoms. The Balaban J connectivity index is 2.53. The number of aliphatic hydroxyl groups excluding tert-OH is 5. The number of rotatable bonds is 59. The molecule has 11 heteroatoms. The van der Waals surface area contributed by atoms with Crippen molar-refractivity contribution in [2.24, 2.45) is 0 Å². The van der Waals surface area contributed by atoms with Gasteiger partial charge < -0.3 is 45.1 Å². The summed E-state index contributed by atoms with van der Waals surface area (Å²) in [6.45, 7) is 5.77. The maximum Gasteiger partial charge on any atom is 0.306 e. The smallest absolute Gasteiger partial charge is 0.306 e. The molecule has 474 valence electrons. The minimum atomic E-state index is -1.61. The number of carbonyl (C=O) groups excluding carboxylic acids is 2. The summed E-state index contributed by atoms with van der Waals surface area (Å²) in [5, 5.41) is 57.0. The van der Waals surface area contributed by atoms with Crippen LogP contribution in [0.15, 0.2) is 48.6 Å². The van der Waals surface area contributed by atoms with Crippen molar-refractivity contribution in [1.82, 2.24) is 5.32 Å². The van der Waals surface area contributed by atoms with Crippen LogP contribution in [0.3, 0.4) is 0 Å². The topological polar surface area (TPSA) is 175 Å². The van der Waals surface area contributed by atoms with E-state index in [0.717, 1.165) is 64.2 Å². The van der Waals surface area contributed by atoms with Crippen molar-refractivity contribution in [2.45, 2.75) is 372 Å². The highest BCUT2D eigenvalue weighted by atomic mass is 16.7. The Hall–Kier alpha value is -2.38. The largest absolute Gasteiger partial charge is 0.454 e. The van der Waals surface area contributed by atoms with Crippen LogP contribution in [0.2, 0.25) is 0 Å². The summed E-state index contributed by atoms with van der Waals surface area (Å²) in [7, 11) is 0. The third kappa shape index (κ3) is 45.6. The summed E-state index contributed by atoms with van der Waals surface area (Å²) in [6.07, 6.45) is 61.7. The summed E-state index contributed by atoms with van der Waals surface area (Å²) in [5.74, 6) is -1.20. The van der Waals surface area contributed by atoms with Gasteiger partial charge >= 0.3 is 5.97 Å². The number of hydrogen-bond acceptors (Lipinski definition) is 10. The van der Waals surface area contributed by atoms with Gasteiger partial charge in [0.2, 0.25) is 5.91 Å². The zero-order valence-corrected chi connectivity index (χ0v) is 52.7. The number of carbonyl (C=O) groups is 2. The first-order chi connectivity index (χ1) is 39.7. The van der Waals surface area contributed by atoms with Gasteiger partial charge in [-0.3, -0.25) is 9.59 Å². The van der Waals surface area contributed by atoms with Crippen molar-refractivity contribution in [3.8, 4) is 0 Å². The SMILES string of the molecule is CCCCC/C=C\C/C=C\CCCCCCCCCCCCCCCCCCCC(=O)OC1C(OCC(NC(=O)C(O)CCCC/C=C\CCCCCCCC)C(O)/C=C/CCCCCCCCCCCCC)OC(CO)C(O)C1O. The van der Waals surface area contributed by atoms with E-state index in [1.165, 1.54) is 212 Å². The molecule has 1 aliphatic heterocycles. The fraction of sp³-hybridized carbons (Fsp3) is 0.857. The molecule has 8 unspecified atom stereocenters. The molecule has 1 aliphatic rings. The molecule has 0 spiro atoms. The van der Waals surface area contributed by atoms with Crippen LogP contribution in [0.4, 0.5) is 0 Å². The lowest BCUT2D eigenvalue weighted by atomic mass is 9.99. The van der Waals surface area contributed by atoms with E-state index in [2.05, 4.69) is 62.5 Å². The molecule has 1 heterocycles. The highest BCUT2D eigenvalue weighted by Crippen LogP contribution is 2.26. The van der Waals surface area contributed by atoms with Gasteiger partial charge in [0.25, 0.3) is 0 Å². The maximum atomic E-state index is 13.4. The van der Waals surface area contributed by atoms with Crippen molar-refractivity contribution in [1.29, 1.82) is 0 Å². The van der Waals surface area contributed by atoms with Crippen LogP contribution in [0.25, 0.3) is 0 Å². The molecule has 0 saturated carbocycles. The van der Waals surface area contributed by atoms with Gasteiger partial charge in [0, 0.05) is 6.42 Å². The third-order valence-electron chi connectivity index (χ3n) is 16.2. The number of ether oxygens (including phenoxy) is 3. The molecule has 0 aromatic heterocycles. The van der Waals surface area contributed by atoms with Crippen LogP contribution in [-0.4, -0.2) is 99.6 Å². The third-order valence-corrected chi connectivity index (χ3v) is 16.2. The van der Waals surface area contributed by atoms with Crippen LogP contribution in [0, 0.1) is 0 Å². The van der Waals surface area contributed by atoms with Gasteiger partial charge in [-0.2, -0.15) is 0 Å². The van der Waals surface area contributed by atoms with E-state index in [4.69, 9.17) is 14.2 Å². The van der Waals surface area contributed by atoms with Crippen LogP contribution in [0.1, 0.15) is 323 Å². The van der Waals surface area contributed by atoms with E-state index < -0.39 is 67.4 Å². The van der Waals surface area contributed by atoms with Crippen molar-refractivity contribution < 1.29 is 49.3 Å². The Morgan fingerprint density at radius 3 is 1.30 bits per heavy atom. The number of aliphatic hydroxyl groups is 5. The number of nitrogens with one attached hydrogen (secondary N) is 1. The average molecular weight is 1140 g/mol. The lowest BCUT2D eigenvalue weighted by molar-refractivity contribution is -0.305. The van der Waals surface area contributed by atoms with Gasteiger partial charge in [0.1, 0.15) is 24.4 Å². The molecule has 1 saturated heterocycles. The zero-order valence-electron chi connectivity index (χ0n) is 52.7. The molecule has 8 atom stereocenters. The minimum absolute atomic E-state index is 0.124. The molecule has 0 aromatic carbocycles. The number of amides is 1. The first-order valence-corrected chi connectivity index (χ1v) is 34.4. The predicted octanol–water partition coefficient (Wildman–Crippen LogP) is 17.2. The molecule has 0 radical (unpaired) electrons. The van der Waals surface area contributed by atoms with E-state index in [1.807, 2.05) is 6.08 Å². The summed E-state index contributed by atoms with van der Waals surface area (Å²) in [4.78, 5) is 26.6. The second kappa shape index (κ2) is 58.0. The number of hydrogen-bond donors (Lipinski definition) is 6. The monoisotopic (exact) mass is 1140 g/mol.